The van der Waals surface area contributed by atoms with Crippen LogP contribution in [0.3, 0.4) is 0 Å². The van der Waals surface area contributed by atoms with Crippen LogP contribution >= 0.6 is 0 Å². The summed E-state index contributed by atoms with van der Waals surface area (Å²) < 4.78 is 5.45. The van der Waals surface area contributed by atoms with Gasteiger partial charge in [-0.05, 0) is 5.56 Å². The predicted octanol–water partition coefficient (Wildman–Crippen LogP) is 3.12. The first kappa shape index (κ1) is 12.8. The highest BCUT2D eigenvalue weighted by molar-refractivity contribution is 5.79. The third-order valence-electron chi connectivity index (χ3n) is 2.42. The van der Waals surface area contributed by atoms with E-state index in [1.165, 1.54) is 0 Å². The van der Waals surface area contributed by atoms with E-state index >= 15 is 0 Å². The van der Waals surface area contributed by atoms with Crippen molar-refractivity contribution in [2.24, 2.45) is 5.10 Å². The smallest absolute Gasteiger partial charge is 0.252 e. The lowest BCUT2D eigenvalue weighted by Gasteiger charge is -1.96. The molecule has 0 aliphatic rings. The Morgan fingerprint density at radius 3 is 2.74 bits per heavy atom. The molecular weight excluding hydrogens is 240 g/mol. The Bertz CT molecular complexity index is 608. The molecule has 2 rings (SSSR count). The highest BCUT2D eigenvalue weighted by Crippen LogP contribution is 2.21. The van der Waals surface area contributed by atoms with E-state index in [0.717, 1.165) is 5.56 Å². The molecule has 0 aliphatic carbocycles. The molecule has 1 aromatic carbocycles. The molecule has 0 bridgehead atoms. The molecule has 1 N–H and O–H groups in total. The average Bonchev–Trinajstić information content (AvgIpc) is 2.83. The van der Waals surface area contributed by atoms with Gasteiger partial charge in [0.05, 0.1) is 6.21 Å². The third kappa shape index (κ3) is 3.19. The van der Waals surface area contributed by atoms with E-state index in [9.17, 15) is 0 Å². The molecule has 0 radical (unpaired) electrons. The maximum atomic E-state index is 8.97. The van der Waals surface area contributed by atoms with Crippen molar-refractivity contribution in [3.8, 4) is 6.07 Å². The van der Waals surface area contributed by atoms with E-state index in [0.29, 0.717) is 5.89 Å². The van der Waals surface area contributed by atoms with Crippen molar-refractivity contribution in [1.29, 1.82) is 5.26 Å². The number of nitrogens with zero attached hydrogens (tertiary/aromatic N) is 3. The monoisotopic (exact) mass is 254 g/mol. The van der Waals surface area contributed by atoms with Crippen LogP contribution in [0.15, 0.2) is 39.9 Å². The number of nitrogens with one attached hydrogen (secondary N) is 1. The van der Waals surface area contributed by atoms with Gasteiger partial charge in [-0.15, -0.1) is 0 Å². The first-order valence-electron chi connectivity index (χ1n) is 5.95. The van der Waals surface area contributed by atoms with Gasteiger partial charge in [-0.25, -0.2) is 10.4 Å². The number of hydrogen-bond acceptors (Lipinski definition) is 5. The van der Waals surface area contributed by atoms with Gasteiger partial charge in [0.2, 0.25) is 11.6 Å². The van der Waals surface area contributed by atoms with Gasteiger partial charge in [0.1, 0.15) is 6.07 Å². The van der Waals surface area contributed by atoms with Crippen LogP contribution in [0.5, 0.6) is 0 Å². The lowest BCUT2D eigenvalue weighted by Crippen LogP contribution is -1.91. The van der Waals surface area contributed by atoms with Crippen molar-refractivity contribution in [3.63, 3.8) is 0 Å². The van der Waals surface area contributed by atoms with Crippen molar-refractivity contribution in [1.82, 2.24) is 4.98 Å². The van der Waals surface area contributed by atoms with Gasteiger partial charge >= 0.3 is 0 Å². The molecule has 0 unspecified atom stereocenters. The lowest BCUT2D eigenvalue weighted by molar-refractivity contribution is 0.481. The lowest BCUT2D eigenvalue weighted by atomic mass is 10.2. The summed E-state index contributed by atoms with van der Waals surface area (Å²) >= 11 is 0. The molecule has 0 saturated heterocycles. The largest absolute Gasteiger partial charge is 0.422 e. The van der Waals surface area contributed by atoms with Gasteiger partial charge in [-0.1, -0.05) is 44.2 Å². The number of hydrogen-bond donors (Lipinski definition) is 1. The number of anilines is 1. The van der Waals surface area contributed by atoms with Crippen LogP contribution in [0, 0.1) is 11.3 Å². The molecule has 1 heterocycles. The van der Waals surface area contributed by atoms with Crippen LogP contribution in [0.4, 0.5) is 5.88 Å². The average molecular weight is 254 g/mol. The van der Waals surface area contributed by atoms with Gasteiger partial charge in [-0.2, -0.15) is 10.4 Å². The normalized spacial score (nSPS) is 10.8. The van der Waals surface area contributed by atoms with Crippen LogP contribution < -0.4 is 5.43 Å². The van der Waals surface area contributed by atoms with E-state index in [4.69, 9.17) is 9.68 Å². The van der Waals surface area contributed by atoms with Crippen LogP contribution in [0.1, 0.15) is 36.9 Å². The first-order chi connectivity index (χ1) is 9.20. The number of nitriles is 1. The number of aromatic nitrogens is 1. The van der Waals surface area contributed by atoms with Crippen LogP contribution in [0.25, 0.3) is 0 Å². The fourth-order valence-electron chi connectivity index (χ4n) is 1.44. The minimum absolute atomic E-state index is 0.126. The predicted molar refractivity (Wildman–Crippen MR) is 73.0 cm³/mol. The van der Waals surface area contributed by atoms with Gasteiger partial charge in [-0.3, -0.25) is 0 Å². The molecule has 0 aliphatic heterocycles. The fourth-order valence-corrected chi connectivity index (χ4v) is 1.44. The van der Waals surface area contributed by atoms with Crippen molar-refractivity contribution in [3.05, 3.63) is 47.5 Å². The Morgan fingerprint density at radius 2 is 2.11 bits per heavy atom. The molecule has 0 fully saturated rings. The number of oxazole rings is 1. The van der Waals surface area contributed by atoms with Crippen molar-refractivity contribution >= 4 is 12.1 Å². The maximum Gasteiger partial charge on any atom is 0.252 e. The molecule has 0 spiro atoms. The third-order valence-corrected chi connectivity index (χ3v) is 2.42. The van der Waals surface area contributed by atoms with E-state index in [1.54, 1.807) is 6.21 Å². The molecule has 0 amide bonds. The minimum atomic E-state index is 0.126. The zero-order chi connectivity index (χ0) is 13.7. The molecule has 5 nitrogen and oxygen atoms in total. The Morgan fingerprint density at radius 1 is 1.37 bits per heavy atom. The molecule has 96 valence electrons. The summed E-state index contributed by atoms with van der Waals surface area (Å²) in [5.41, 5.74) is 3.88. The Hall–Kier alpha value is -2.61. The van der Waals surface area contributed by atoms with E-state index in [1.807, 2.05) is 50.2 Å². The van der Waals surface area contributed by atoms with Gasteiger partial charge in [0, 0.05) is 5.92 Å². The van der Waals surface area contributed by atoms with Gasteiger partial charge in [0.15, 0.2) is 0 Å². The summed E-state index contributed by atoms with van der Waals surface area (Å²) in [5.74, 6) is 0.924. The van der Waals surface area contributed by atoms with Gasteiger partial charge < -0.3 is 4.42 Å². The highest BCUT2D eigenvalue weighted by atomic mass is 16.4. The van der Waals surface area contributed by atoms with Crippen LogP contribution in [-0.4, -0.2) is 11.2 Å². The number of benzene rings is 1. The standard InChI is InChI=1S/C14H14N4O/c1-10(2)13-17-12(8-15)14(19-13)18-16-9-11-6-4-3-5-7-11/h3-7,9-10,18H,1-2H3/b16-9+. The maximum absolute atomic E-state index is 8.97. The fraction of sp³-hybridized carbons (Fsp3) is 0.214. The summed E-state index contributed by atoms with van der Waals surface area (Å²) in [7, 11) is 0. The van der Waals surface area contributed by atoms with E-state index < -0.39 is 0 Å². The summed E-state index contributed by atoms with van der Waals surface area (Å²) in [6.07, 6.45) is 1.65. The Kier molecular flexibility index (Phi) is 3.94. The summed E-state index contributed by atoms with van der Waals surface area (Å²) in [5, 5.41) is 13.0. The second kappa shape index (κ2) is 5.83. The van der Waals surface area contributed by atoms with Crippen molar-refractivity contribution in [2.45, 2.75) is 19.8 Å². The summed E-state index contributed by atoms with van der Waals surface area (Å²) in [6, 6.07) is 11.6. The first-order valence-corrected chi connectivity index (χ1v) is 5.95. The zero-order valence-electron chi connectivity index (χ0n) is 10.8. The van der Waals surface area contributed by atoms with E-state index in [2.05, 4.69) is 15.5 Å². The van der Waals surface area contributed by atoms with Gasteiger partial charge in [0.25, 0.3) is 5.88 Å². The SMILES string of the molecule is CC(C)c1nc(C#N)c(N/N=C/c2ccccc2)o1. The van der Waals surface area contributed by atoms with Crippen molar-refractivity contribution < 1.29 is 4.42 Å². The van der Waals surface area contributed by atoms with Crippen LogP contribution in [-0.2, 0) is 0 Å². The second-order valence-electron chi connectivity index (χ2n) is 4.28. The second-order valence-corrected chi connectivity index (χ2v) is 4.28. The molecule has 5 heteroatoms. The Balaban J connectivity index is 2.11. The molecular formula is C14H14N4O. The zero-order valence-corrected chi connectivity index (χ0v) is 10.8. The summed E-state index contributed by atoms with van der Waals surface area (Å²) in [6.45, 7) is 3.90. The highest BCUT2D eigenvalue weighted by Gasteiger charge is 2.14. The quantitative estimate of drug-likeness (QED) is 0.672. The molecule has 1 aromatic heterocycles. The molecule has 19 heavy (non-hydrogen) atoms. The minimum Gasteiger partial charge on any atom is -0.422 e. The topological polar surface area (TPSA) is 74.2 Å². The number of hydrazone groups is 1. The number of rotatable bonds is 4. The molecule has 0 saturated carbocycles. The van der Waals surface area contributed by atoms with Crippen molar-refractivity contribution in [2.75, 3.05) is 5.43 Å². The van der Waals surface area contributed by atoms with E-state index in [-0.39, 0.29) is 17.5 Å². The van der Waals surface area contributed by atoms with Crippen LogP contribution in [0.2, 0.25) is 0 Å². The molecule has 0 atom stereocenters. The summed E-state index contributed by atoms with van der Waals surface area (Å²) in [4.78, 5) is 4.09. The molecule has 2 aromatic rings. The Labute approximate surface area is 111 Å².